The van der Waals surface area contributed by atoms with Gasteiger partial charge in [0.25, 0.3) is 5.56 Å². The van der Waals surface area contributed by atoms with E-state index in [1.54, 1.807) is 24.1 Å². The van der Waals surface area contributed by atoms with Gasteiger partial charge in [0.1, 0.15) is 0 Å². The smallest absolute Gasteiger partial charge is 0.293 e. The summed E-state index contributed by atoms with van der Waals surface area (Å²) in [5, 5.41) is 3.19. The summed E-state index contributed by atoms with van der Waals surface area (Å²) in [6.45, 7) is 10.7. The Hall–Kier alpha value is -1.36. The molecule has 0 aliphatic heterocycles. The van der Waals surface area contributed by atoms with Crippen LogP contribution in [0.2, 0.25) is 0 Å². The third-order valence-electron chi connectivity index (χ3n) is 3.04. The monoisotopic (exact) mass is 267 g/mol. The molecule has 0 saturated carbocycles. The first-order valence-electron chi connectivity index (χ1n) is 6.61. The van der Waals surface area contributed by atoms with Gasteiger partial charge in [-0.3, -0.25) is 4.79 Å². The minimum atomic E-state index is -0.259. The van der Waals surface area contributed by atoms with Gasteiger partial charge in [-0.15, -0.1) is 0 Å². The fourth-order valence-corrected chi connectivity index (χ4v) is 1.79. The number of anilines is 1. The van der Waals surface area contributed by atoms with Crippen molar-refractivity contribution in [3.63, 3.8) is 0 Å². The minimum Gasteiger partial charge on any atom is -0.383 e. The van der Waals surface area contributed by atoms with Crippen LogP contribution in [0.3, 0.4) is 0 Å². The number of methoxy groups -OCH3 is 1. The lowest BCUT2D eigenvalue weighted by atomic mass is 10.1. The number of ether oxygens (including phenoxy) is 1. The molecule has 1 unspecified atom stereocenters. The number of hydrogen-bond acceptors (Lipinski definition) is 4. The Balaban J connectivity index is 3.05. The molecule has 0 aliphatic carbocycles. The Bertz CT molecular complexity index is 460. The largest absolute Gasteiger partial charge is 0.383 e. The van der Waals surface area contributed by atoms with Gasteiger partial charge < -0.3 is 14.6 Å². The zero-order valence-electron chi connectivity index (χ0n) is 12.7. The molecule has 1 rings (SSSR count). The highest BCUT2D eigenvalue weighted by molar-refractivity contribution is 5.33. The second kappa shape index (κ2) is 6.19. The maximum atomic E-state index is 12.4. The Morgan fingerprint density at radius 2 is 2.05 bits per heavy atom. The standard InChI is InChI=1S/C14H25N3O2/c1-10(2)11(9-19-6)16-12-13(18)17(8-7-15-12)14(3,4)5/h7-8,10-11H,9H2,1-6H3,(H,15,16). The molecule has 0 aromatic carbocycles. The van der Waals surface area contributed by atoms with Crippen molar-refractivity contribution in [1.82, 2.24) is 9.55 Å². The molecule has 5 nitrogen and oxygen atoms in total. The van der Waals surface area contributed by atoms with Gasteiger partial charge in [0.05, 0.1) is 12.6 Å². The van der Waals surface area contributed by atoms with Gasteiger partial charge in [-0.25, -0.2) is 4.98 Å². The number of nitrogens with one attached hydrogen (secondary N) is 1. The Labute approximate surface area is 115 Å². The summed E-state index contributed by atoms with van der Waals surface area (Å²) in [5.41, 5.74) is -0.359. The molecular formula is C14H25N3O2. The maximum absolute atomic E-state index is 12.4. The van der Waals surface area contributed by atoms with E-state index in [9.17, 15) is 4.79 Å². The molecule has 19 heavy (non-hydrogen) atoms. The maximum Gasteiger partial charge on any atom is 0.293 e. The zero-order valence-corrected chi connectivity index (χ0v) is 12.7. The van der Waals surface area contributed by atoms with E-state index in [4.69, 9.17) is 4.74 Å². The van der Waals surface area contributed by atoms with Crippen LogP contribution in [0.4, 0.5) is 5.82 Å². The average molecular weight is 267 g/mol. The molecule has 108 valence electrons. The van der Waals surface area contributed by atoms with Crippen LogP contribution in [0.1, 0.15) is 34.6 Å². The van der Waals surface area contributed by atoms with Gasteiger partial charge in [-0.2, -0.15) is 0 Å². The van der Waals surface area contributed by atoms with Crippen LogP contribution < -0.4 is 10.9 Å². The van der Waals surface area contributed by atoms with Crippen molar-refractivity contribution in [2.45, 2.75) is 46.2 Å². The molecule has 1 aromatic heterocycles. The van der Waals surface area contributed by atoms with Crippen LogP contribution in [0.5, 0.6) is 0 Å². The van der Waals surface area contributed by atoms with Gasteiger partial charge in [0.15, 0.2) is 5.82 Å². The molecule has 0 radical (unpaired) electrons. The van der Waals surface area contributed by atoms with Crippen LogP contribution in [0.15, 0.2) is 17.2 Å². The molecule has 0 aliphatic rings. The van der Waals surface area contributed by atoms with Crippen molar-refractivity contribution >= 4 is 5.82 Å². The summed E-state index contributed by atoms with van der Waals surface area (Å²) in [6, 6.07) is 0.0704. The predicted octanol–water partition coefficient (Wildman–Crippen LogP) is 2.08. The Kier molecular flexibility index (Phi) is 5.11. The molecule has 0 bridgehead atoms. The van der Waals surface area contributed by atoms with Crippen LogP contribution in [-0.4, -0.2) is 29.3 Å². The molecule has 0 spiro atoms. The van der Waals surface area contributed by atoms with Crippen LogP contribution >= 0.6 is 0 Å². The first-order chi connectivity index (χ1) is 8.77. The van der Waals surface area contributed by atoms with E-state index in [-0.39, 0.29) is 17.1 Å². The van der Waals surface area contributed by atoms with Crippen molar-refractivity contribution in [1.29, 1.82) is 0 Å². The fourth-order valence-electron chi connectivity index (χ4n) is 1.79. The predicted molar refractivity (Wildman–Crippen MR) is 77.6 cm³/mol. The van der Waals surface area contributed by atoms with E-state index >= 15 is 0 Å². The molecule has 1 N–H and O–H groups in total. The van der Waals surface area contributed by atoms with Gasteiger partial charge in [0.2, 0.25) is 0 Å². The molecule has 1 heterocycles. The van der Waals surface area contributed by atoms with E-state index < -0.39 is 0 Å². The molecule has 1 aromatic rings. The van der Waals surface area contributed by atoms with Crippen molar-refractivity contribution in [3.8, 4) is 0 Å². The summed E-state index contributed by atoms with van der Waals surface area (Å²) in [6.07, 6.45) is 3.37. The first kappa shape index (κ1) is 15.7. The summed E-state index contributed by atoms with van der Waals surface area (Å²) < 4.78 is 6.86. The summed E-state index contributed by atoms with van der Waals surface area (Å²) in [5.74, 6) is 0.734. The van der Waals surface area contributed by atoms with Crippen molar-refractivity contribution < 1.29 is 4.74 Å². The van der Waals surface area contributed by atoms with Gasteiger partial charge in [-0.1, -0.05) is 13.8 Å². The van der Waals surface area contributed by atoms with E-state index in [1.807, 2.05) is 20.8 Å². The quantitative estimate of drug-likeness (QED) is 0.887. The Morgan fingerprint density at radius 3 is 2.53 bits per heavy atom. The number of aromatic nitrogens is 2. The number of hydrogen-bond donors (Lipinski definition) is 1. The van der Waals surface area contributed by atoms with E-state index in [1.165, 1.54) is 0 Å². The second-order valence-corrected chi connectivity index (χ2v) is 6.07. The van der Waals surface area contributed by atoms with E-state index in [0.29, 0.717) is 18.3 Å². The van der Waals surface area contributed by atoms with Crippen molar-refractivity contribution in [3.05, 3.63) is 22.7 Å². The molecule has 0 saturated heterocycles. The number of nitrogens with zero attached hydrogens (tertiary/aromatic N) is 2. The van der Waals surface area contributed by atoms with Gasteiger partial charge in [-0.05, 0) is 26.7 Å². The third kappa shape index (κ3) is 4.06. The lowest BCUT2D eigenvalue weighted by molar-refractivity contribution is 0.171. The van der Waals surface area contributed by atoms with Crippen LogP contribution in [0, 0.1) is 5.92 Å². The molecule has 0 amide bonds. The lowest BCUT2D eigenvalue weighted by Gasteiger charge is -2.25. The lowest BCUT2D eigenvalue weighted by Crippen LogP contribution is -2.38. The zero-order chi connectivity index (χ0) is 14.6. The van der Waals surface area contributed by atoms with Crippen molar-refractivity contribution in [2.24, 2.45) is 5.92 Å². The molecule has 5 heteroatoms. The highest BCUT2D eigenvalue weighted by Gasteiger charge is 2.19. The SMILES string of the molecule is COCC(Nc1nccn(C(C)(C)C)c1=O)C(C)C. The second-order valence-electron chi connectivity index (χ2n) is 6.07. The topological polar surface area (TPSA) is 56.1 Å². The summed E-state index contributed by atoms with van der Waals surface area (Å²) in [7, 11) is 1.66. The highest BCUT2D eigenvalue weighted by Crippen LogP contribution is 2.12. The average Bonchev–Trinajstić information content (AvgIpc) is 2.29. The summed E-state index contributed by atoms with van der Waals surface area (Å²) >= 11 is 0. The highest BCUT2D eigenvalue weighted by atomic mass is 16.5. The van der Waals surface area contributed by atoms with Crippen LogP contribution in [-0.2, 0) is 10.3 Å². The third-order valence-corrected chi connectivity index (χ3v) is 3.04. The molecule has 1 atom stereocenters. The normalized spacial score (nSPS) is 13.6. The van der Waals surface area contributed by atoms with Crippen molar-refractivity contribution in [2.75, 3.05) is 19.0 Å². The molecule has 0 fully saturated rings. The van der Waals surface area contributed by atoms with Gasteiger partial charge in [0, 0.05) is 25.0 Å². The number of rotatable bonds is 5. The van der Waals surface area contributed by atoms with E-state index in [0.717, 1.165) is 0 Å². The summed E-state index contributed by atoms with van der Waals surface area (Å²) in [4.78, 5) is 16.5. The fraction of sp³-hybridized carbons (Fsp3) is 0.714. The first-order valence-corrected chi connectivity index (χ1v) is 6.61. The Morgan fingerprint density at radius 1 is 1.42 bits per heavy atom. The minimum absolute atomic E-state index is 0.0704. The van der Waals surface area contributed by atoms with Crippen LogP contribution in [0.25, 0.3) is 0 Å². The molecular weight excluding hydrogens is 242 g/mol. The van der Waals surface area contributed by atoms with Gasteiger partial charge >= 0.3 is 0 Å². The van der Waals surface area contributed by atoms with E-state index in [2.05, 4.69) is 24.1 Å².